The molecular weight excluding hydrogens is 306 g/mol. The van der Waals surface area contributed by atoms with E-state index in [1.807, 2.05) is 45.3 Å². The Labute approximate surface area is 141 Å². The molecule has 0 radical (unpaired) electrons. The van der Waals surface area contributed by atoms with Crippen LogP contribution in [-0.4, -0.2) is 34.9 Å². The normalized spacial score (nSPS) is 13.5. The zero-order valence-corrected chi connectivity index (χ0v) is 14.1. The van der Waals surface area contributed by atoms with Crippen molar-refractivity contribution in [2.45, 2.75) is 19.9 Å². The van der Waals surface area contributed by atoms with Crippen LogP contribution >= 0.6 is 0 Å². The summed E-state index contributed by atoms with van der Waals surface area (Å²) in [4.78, 5) is 14.3. The van der Waals surface area contributed by atoms with Crippen LogP contribution in [0.25, 0.3) is 6.08 Å². The van der Waals surface area contributed by atoms with Crippen molar-refractivity contribution in [3.8, 4) is 11.5 Å². The van der Waals surface area contributed by atoms with Gasteiger partial charge in [-0.25, -0.2) is 0 Å². The topological polar surface area (TPSA) is 56.6 Å². The number of rotatable bonds is 4. The van der Waals surface area contributed by atoms with Gasteiger partial charge in [0.2, 0.25) is 0 Å². The Balaban J connectivity index is 1.78. The number of hydrogen-bond acceptors (Lipinski definition) is 4. The average Bonchev–Trinajstić information content (AvgIpc) is 2.98. The van der Waals surface area contributed by atoms with Gasteiger partial charge >= 0.3 is 0 Å². The Morgan fingerprint density at radius 1 is 1.29 bits per heavy atom. The maximum absolute atomic E-state index is 12.6. The SMILES string of the molecule is CC(C)N(C(=O)/C=C/c1ccc2c(c1)OCCO2)c1cnn(C)c1. The van der Waals surface area contributed by atoms with E-state index >= 15 is 0 Å². The molecule has 0 atom stereocenters. The van der Waals surface area contributed by atoms with Gasteiger partial charge in [-0.2, -0.15) is 5.10 Å². The molecule has 2 aromatic rings. The summed E-state index contributed by atoms with van der Waals surface area (Å²) in [6.45, 7) is 5.06. The second-order valence-electron chi connectivity index (χ2n) is 5.91. The van der Waals surface area contributed by atoms with Crippen molar-refractivity contribution in [1.29, 1.82) is 0 Å². The Morgan fingerprint density at radius 3 is 2.71 bits per heavy atom. The lowest BCUT2D eigenvalue weighted by molar-refractivity contribution is -0.114. The molecule has 2 heterocycles. The van der Waals surface area contributed by atoms with E-state index in [-0.39, 0.29) is 11.9 Å². The third kappa shape index (κ3) is 3.42. The van der Waals surface area contributed by atoms with Gasteiger partial charge in [0.15, 0.2) is 11.5 Å². The van der Waals surface area contributed by atoms with Crippen molar-refractivity contribution in [2.24, 2.45) is 7.05 Å². The largest absolute Gasteiger partial charge is 0.486 e. The molecule has 1 aliphatic heterocycles. The fourth-order valence-corrected chi connectivity index (χ4v) is 2.62. The summed E-state index contributed by atoms with van der Waals surface area (Å²) in [6.07, 6.45) is 6.87. The highest BCUT2D eigenvalue weighted by molar-refractivity contribution is 6.04. The number of nitrogens with zero attached hydrogens (tertiary/aromatic N) is 3. The summed E-state index contributed by atoms with van der Waals surface area (Å²) in [5.41, 5.74) is 1.67. The third-order valence-corrected chi connectivity index (χ3v) is 3.71. The monoisotopic (exact) mass is 327 g/mol. The number of anilines is 1. The average molecular weight is 327 g/mol. The summed E-state index contributed by atoms with van der Waals surface area (Å²) in [5.74, 6) is 1.36. The Hall–Kier alpha value is -2.76. The molecule has 24 heavy (non-hydrogen) atoms. The van der Waals surface area contributed by atoms with Gasteiger partial charge in [-0.1, -0.05) is 6.07 Å². The molecule has 6 heteroatoms. The Kier molecular flexibility index (Phi) is 4.55. The van der Waals surface area contributed by atoms with E-state index in [4.69, 9.17) is 9.47 Å². The quantitative estimate of drug-likeness (QED) is 0.810. The van der Waals surface area contributed by atoms with Crippen molar-refractivity contribution >= 4 is 17.7 Å². The molecule has 1 aromatic carbocycles. The highest BCUT2D eigenvalue weighted by Gasteiger charge is 2.18. The van der Waals surface area contributed by atoms with Crippen LogP contribution in [-0.2, 0) is 11.8 Å². The van der Waals surface area contributed by atoms with Crippen LogP contribution in [0.5, 0.6) is 11.5 Å². The van der Waals surface area contributed by atoms with Gasteiger partial charge in [0.1, 0.15) is 13.2 Å². The van der Waals surface area contributed by atoms with Crippen molar-refractivity contribution in [2.75, 3.05) is 18.1 Å². The molecule has 0 bridgehead atoms. The van der Waals surface area contributed by atoms with Crippen molar-refractivity contribution in [3.05, 3.63) is 42.2 Å². The minimum Gasteiger partial charge on any atom is -0.486 e. The summed E-state index contributed by atoms with van der Waals surface area (Å²) in [7, 11) is 1.83. The van der Waals surface area contributed by atoms with Gasteiger partial charge in [-0.05, 0) is 37.6 Å². The van der Waals surface area contributed by atoms with Gasteiger partial charge in [-0.3, -0.25) is 9.48 Å². The second-order valence-corrected chi connectivity index (χ2v) is 5.91. The number of benzene rings is 1. The van der Waals surface area contributed by atoms with E-state index in [0.717, 1.165) is 17.0 Å². The molecule has 3 rings (SSSR count). The number of aromatic nitrogens is 2. The maximum atomic E-state index is 12.6. The van der Waals surface area contributed by atoms with Crippen LogP contribution in [0, 0.1) is 0 Å². The molecule has 0 spiro atoms. The second kappa shape index (κ2) is 6.78. The zero-order chi connectivity index (χ0) is 17.1. The molecule has 6 nitrogen and oxygen atoms in total. The number of hydrogen-bond donors (Lipinski definition) is 0. The molecule has 1 aromatic heterocycles. The molecule has 1 aliphatic rings. The first-order valence-corrected chi connectivity index (χ1v) is 7.94. The zero-order valence-electron chi connectivity index (χ0n) is 14.1. The van der Waals surface area contributed by atoms with E-state index in [1.165, 1.54) is 0 Å². The van der Waals surface area contributed by atoms with Crippen LogP contribution in [0.3, 0.4) is 0 Å². The van der Waals surface area contributed by atoms with E-state index in [1.54, 1.807) is 27.9 Å². The smallest absolute Gasteiger partial charge is 0.251 e. The predicted molar refractivity (Wildman–Crippen MR) is 92.3 cm³/mol. The van der Waals surface area contributed by atoms with Crippen molar-refractivity contribution in [1.82, 2.24) is 9.78 Å². The highest BCUT2D eigenvalue weighted by atomic mass is 16.6. The number of carbonyl (C=O) groups is 1. The summed E-state index contributed by atoms with van der Waals surface area (Å²) >= 11 is 0. The molecule has 0 unspecified atom stereocenters. The van der Waals surface area contributed by atoms with Gasteiger partial charge in [0.25, 0.3) is 5.91 Å². The van der Waals surface area contributed by atoms with Crippen LogP contribution in [0.2, 0.25) is 0 Å². The van der Waals surface area contributed by atoms with E-state index in [0.29, 0.717) is 19.0 Å². The number of carbonyl (C=O) groups excluding carboxylic acids is 1. The molecule has 0 saturated carbocycles. The number of fused-ring (bicyclic) bond motifs is 1. The van der Waals surface area contributed by atoms with Crippen LogP contribution in [0.15, 0.2) is 36.7 Å². The predicted octanol–water partition coefficient (Wildman–Crippen LogP) is 2.65. The Morgan fingerprint density at radius 2 is 2.04 bits per heavy atom. The summed E-state index contributed by atoms with van der Waals surface area (Å²) < 4.78 is 12.7. The van der Waals surface area contributed by atoms with Crippen LogP contribution in [0.1, 0.15) is 19.4 Å². The van der Waals surface area contributed by atoms with Gasteiger partial charge in [0, 0.05) is 25.4 Å². The third-order valence-electron chi connectivity index (χ3n) is 3.71. The van der Waals surface area contributed by atoms with Crippen LogP contribution < -0.4 is 14.4 Å². The first-order chi connectivity index (χ1) is 11.5. The maximum Gasteiger partial charge on any atom is 0.251 e. The number of amides is 1. The number of ether oxygens (including phenoxy) is 2. The fraction of sp³-hybridized carbons (Fsp3) is 0.333. The van der Waals surface area contributed by atoms with E-state index in [9.17, 15) is 4.79 Å². The molecular formula is C18H21N3O3. The van der Waals surface area contributed by atoms with Gasteiger partial charge < -0.3 is 14.4 Å². The molecule has 0 aliphatic carbocycles. The standard InChI is InChI=1S/C18H21N3O3/c1-13(2)21(15-11-19-20(3)12-15)18(22)7-5-14-4-6-16-17(10-14)24-9-8-23-16/h4-7,10-13H,8-9H2,1-3H3/b7-5+. The Bertz CT molecular complexity index is 765. The minimum absolute atomic E-state index is 0.0339. The van der Waals surface area contributed by atoms with E-state index in [2.05, 4.69) is 5.10 Å². The molecule has 126 valence electrons. The molecule has 0 fully saturated rings. The minimum atomic E-state index is -0.0899. The summed E-state index contributed by atoms with van der Waals surface area (Å²) in [5, 5.41) is 4.14. The first-order valence-electron chi connectivity index (χ1n) is 7.94. The lowest BCUT2D eigenvalue weighted by atomic mass is 10.1. The highest BCUT2D eigenvalue weighted by Crippen LogP contribution is 2.31. The van der Waals surface area contributed by atoms with Crippen LogP contribution in [0.4, 0.5) is 5.69 Å². The summed E-state index contributed by atoms with van der Waals surface area (Å²) in [6, 6.07) is 5.68. The molecule has 0 saturated heterocycles. The van der Waals surface area contributed by atoms with Gasteiger partial charge in [-0.15, -0.1) is 0 Å². The molecule has 0 N–H and O–H groups in total. The number of aryl methyl sites for hydroxylation is 1. The van der Waals surface area contributed by atoms with E-state index < -0.39 is 0 Å². The fourth-order valence-electron chi connectivity index (χ4n) is 2.62. The lowest BCUT2D eigenvalue weighted by Crippen LogP contribution is -2.35. The first kappa shape index (κ1) is 16.1. The van der Waals surface area contributed by atoms with Gasteiger partial charge in [0.05, 0.1) is 11.9 Å². The van der Waals surface area contributed by atoms with Crippen molar-refractivity contribution < 1.29 is 14.3 Å². The van der Waals surface area contributed by atoms with Crippen molar-refractivity contribution in [3.63, 3.8) is 0 Å². The lowest BCUT2D eigenvalue weighted by Gasteiger charge is -2.23. The molecule has 1 amide bonds.